The Kier molecular flexibility index (Phi) is 4.25. The van der Waals surface area contributed by atoms with E-state index in [0.717, 1.165) is 18.5 Å². The van der Waals surface area contributed by atoms with Crippen molar-refractivity contribution in [3.63, 3.8) is 0 Å². The molecule has 2 heteroatoms. The van der Waals surface area contributed by atoms with Crippen LogP contribution in [0.3, 0.4) is 0 Å². The second-order valence-corrected chi connectivity index (χ2v) is 5.55. The number of nitrogens with one attached hydrogen (secondary N) is 1. The van der Waals surface area contributed by atoms with Crippen molar-refractivity contribution < 1.29 is 0 Å². The predicted molar refractivity (Wildman–Crippen MR) is 75.5 cm³/mol. The van der Waals surface area contributed by atoms with Crippen molar-refractivity contribution in [3.8, 4) is 6.07 Å². The van der Waals surface area contributed by atoms with Gasteiger partial charge in [-0.2, -0.15) is 5.26 Å². The molecule has 2 nitrogen and oxygen atoms in total. The number of nitriles is 1. The van der Waals surface area contributed by atoms with Crippen molar-refractivity contribution in [2.75, 3.05) is 5.32 Å². The van der Waals surface area contributed by atoms with Crippen LogP contribution in [0.4, 0.5) is 5.69 Å². The molecule has 0 amide bonds. The van der Waals surface area contributed by atoms with Gasteiger partial charge in [-0.3, -0.25) is 0 Å². The molecule has 1 aromatic rings. The van der Waals surface area contributed by atoms with Gasteiger partial charge in [0.2, 0.25) is 0 Å². The van der Waals surface area contributed by atoms with Crippen LogP contribution in [-0.2, 0) is 0 Å². The third kappa shape index (κ3) is 3.04. The summed E-state index contributed by atoms with van der Waals surface area (Å²) in [6, 6.07) is 11.4. The van der Waals surface area contributed by atoms with E-state index in [1.54, 1.807) is 0 Å². The lowest BCUT2D eigenvalue weighted by Gasteiger charge is -2.28. The topological polar surface area (TPSA) is 35.8 Å². The average Bonchev–Trinajstić information content (AvgIpc) is 2.40. The van der Waals surface area contributed by atoms with E-state index in [4.69, 9.17) is 5.26 Å². The van der Waals surface area contributed by atoms with Crippen molar-refractivity contribution in [1.29, 1.82) is 5.26 Å². The summed E-state index contributed by atoms with van der Waals surface area (Å²) in [4.78, 5) is 0. The second-order valence-electron chi connectivity index (χ2n) is 5.55. The van der Waals surface area contributed by atoms with Crippen LogP contribution in [0.2, 0.25) is 0 Å². The first-order valence-corrected chi connectivity index (χ1v) is 6.97. The molecule has 1 aliphatic carbocycles. The molecule has 0 heterocycles. The molecule has 2 rings (SSSR count). The minimum absolute atomic E-state index is 0.170. The van der Waals surface area contributed by atoms with Gasteiger partial charge in [0.25, 0.3) is 0 Å². The first-order chi connectivity index (χ1) is 8.70. The highest BCUT2D eigenvalue weighted by Gasteiger charge is 2.24. The molecule has 0 aromatic heterocycles. The van der Waals surface area contributed by atoms with Crippen molar-refractivity contribution >= 4 is 5.69 Å². The third-order valence-corrected chi connectivity index (χ3v) is 3.86. The molecule has 0 bridgehead atoms. The minimum Gasteiger partial charge on any atom is -0.381 e. The first kappa shape index (κ1) is 13.0. The minimum atomic E-state index is 0.170. The monoisotopic (exact) mass is 242 g/mol. The molecule has 2 unspecified atom stereocenters. The Bertz CT molecular complexity index is 414. The Balaban J connectivity index is 2.02. The predicted octanol–water partition coefficient (Wildman–Crippen LogP) is 4.30. The van der Waals surface area contributed by atoms with E-state index in [1.165, 1.54) is 18.4 Å². The van der Waals surface area contributed by atoms with Crippen LogP contribution >= 0.6 is 0 Å². The van der Waals surface area contributed by atoms with Gasteiger partial charge in [0.15, 0.2) is 0 Å². The Morgan fingerprint density at radius 3 is 2.44 bits per heavy atom. The second kappa shape index (κ2) is 5.91. The van der Waals surface area contributed by atoms with Crippen molar-refractivity contribution in [3.05, 3.63) is 29.8 Å². The Morgan fingerprint density at radius 1 is 1.17 bits per heavy atom. The van der Waals surface area contributed by atoms with Crippen LogP contribution in [0, 0.1) is 17.2 Å². The highest BCUT2D eigenvalue weighted by molar-refractivity contribution is 5.46. The van der Waals surface area contributed by atoms with E-state index in [0.29, 0.717) is 12.0 Å². The summed E-state index contributed by atoms with van der Waals surface area (Å²) >= 11 is 0. The molecule has 18 heavy (non-hydrogen) atoms. The van der Waals surface area contributed by atoms with Gasteiger partial charge in [-0.05, 0) is 36.5 Å². The van der Waals surface area contributed by atoms with Gasteiger partial charge in [-0.25, -0.2) is 0 Å². The molecule has 0 radical (unpaired) electrons. The Hall–Kier alpha value is -1.49. The van der Waals surface area contributed by atoms with E-state index in [-0.39, 0.29) is 5.92 Å². The molecule has 96 valence electrons. The lowest BCUT2D eigenvalue weighted by molar-refractivity contribution is 0.389. The van der Waals surface area contributed by atoms with Crippen LogP contribution in [0.5, 0.6) is 0 Å². The van der Waals surface area contributed by atoms with E-state index >= 15 is 0 Å². The zero-order chi connectivity index (χ0) is 13.0. The highest BCUT2D eigenvalue weighted by atomic mass is 14.9. The molecule has 1 aliphatic rings. The zero-order valence-electron chi connectivity index (χ0n) is 11.3. The van der Waals surface area contributed by atoms with Gasteiger partial charge in [-0.15, -0.1) is 0 Å². The van der Waals surface area contributed by atoms with E-state index < -0.39 is 0 Å². The number of hydrogen-bond donors (Lipinski definition) is 1. The van der Waals surface area contributed by atoms with Gasteiger partial charge in [0, 0.05) is 11.7 Å². The lowest BCUT2D eigenvalue weighted by atomic mass is 9.85. The Labute approximate surface area is 110 Å². The molecule has 1 saturated carbocycles. The molecule has 1 aromatic carbocycles. The number of nitrogens with zero attached hydrogens (tertiary/aromatic N) is 1. The summed E-state index contributed by atoms with van der Waals surface area (Å²) in [5, 5.41) is 12.7. The van der Waals surface area contributed by atoms with E-state index in [2.05, 4.69) is 49.5 Å². The van der Waals surface area contributed by atoms with E-state index in [1.807, 2.05) is 0 Å². The van der Waals surface area contributed by atoms with Crippen LogP contribution in [-0.4, -0.2) is 6.04 Å². The quantitative estimate of drug-likeness (QED) is 0.857. The van der Waals surface area contributed by atoms with Gasteiger partial charge in [0.05, 0.1) is 12.0 Å². The molecular formula is C16H22N2. The lowest BCUT2D eigenvalue weighted by Crippen LogP contribution is -2.31. The van der Waals surface area contributed by atoms with Gasteiger partial charge < -0.3 is 5.32 Å². The molecule has 0 aliphatic heterocycles. The summed E-state index contributed by atoms with van der Waals surface area (Å²) in [5.41, 5.74) is 2.51. The molecule has 1 fully saturated rings. The van der Waals surface area contributed by atoms with Crippen LogP contribution in [0.15, 0.2) is 24.3 Å². The first-order valence-electron chi connectivity index (χ1n) is 6.97. The van der Waals surface area contributed by atoms with Gasteiger partial charge in [0.1, 0.15) is 0 Å². The van der Waals surface area contributed by atoms with Crippen LogP contribution in [0.25, 0.3) is 0 Å². The van der Waals surface area contributed by atoms with E-state index in [9.17, 15) is 0 Å². The summed E-state index contributed by atoms with van der Waals surface area (Å²) < 4.78 is 0. The number of benzene rings is 1. The summed E-state index contributed by atoms with van der Waals surface area (Å²) in [7, 11) is 0. The maximum atomic E-state index is 9.17. The molecular weight excluding hydrogens is 220 g/mol. The van der Waals surface area contributed by atoms with Gasteiger partial charge >= 0.3 is 0 Å². The third-order valence-electron chi connectivity index (χ3n) is 3.86. The molecule has 0 spiro atoms. The molecule has 2 atom stereocenters. The van der Waals surface area contributed by atoms with Gasteiger partial charge in [-0.1, -0.05) is 38.8 Å². The fourth-order valence-corrected chi connectivity index (χ4v) is 2.64. The maximum Gasteiger partial charge on any atom is 0.0677 e. The van der Waals surface area contributed by atoms with Crippen LogP contribution < -0.4 is 5.32 Å². The SMILES string of the molecule is CC(C)c1ccc(NC2CCCCC2C#N)cc1. The maximum absolute atomic E-state index is 9.17. The largest absolute Gasteiger partial charge is 0.381 e. The highest BCUT2D eigenvalue weighted by Crippen LogP contribution is 2.27. The van der Waals surface area contributed by atoms with Crippen molar-refractivity contribution in [1.82, 2.24) is 0 Å². The standard InChI is InChI=1S/C16H22N2/c1-12(2)13-7-9-15(10-8-13)18-16-6-4-3-5-14(16)11-17/h7-10,12,14,16,18H,3-6H2,1-2H3. The van der Waals surface area contributed by atoms with Crippen molar-refractivity contribution in [2.45, 2.75) is 51.5 Å². The summed E-state index contributed by atoms with van der Waals surface area (Å²) in [6.07, 6.45) is 4.59. The Morgan fingerprint density at radius 2 is 1.83 bits per heavy atom. The number of rotatable bonds is 3. The van der Waals surface area contributed by atoms with Crippen LogP contribution in [0.1, 0.15) is 51.0 Å². The fraction of sp³-hybridized carbons (Fsp3) is 0.562. The summed E-state index contributed by atoms with van der Waals surface area (Å²) in [5.74, 6) is 0.740. The number of hydrogen-bond acceptors (Lipinski definition) is 2. The normalized spacial score (nSPS) is 23.7. The average molecular weight is 242 g/mol. The van der Waals surface area contributed by atoms with Crippen molar-refractivity contribution in [2.24, 2.45) is 5.92 Å². The molecule has 0 saturated heterocycles. The zero-order valence-corrected chi connectivity index (χ0v) is 11.3. The number of anilines is 1. The molecule has 1 N–H and O–H groups in total. The summed E-state index contributed by atoms with van der Waals surface area (Å²) in [6.45, 7) is 4.41. The smallest absolute Gasteiger partial charge is 0.0677 e. The fourth-order valence-electron chi connectivity index (χ4n) is 2.64.